The summed E-state index contributed by atoms with van der Waals surface area (Å²) in [5.74, 6) is 2.00. The van der Waals surface area contributed by atoms with Gasteiger partial charge in [-0.25, -0.2) is 9.97 Å². The van der Waals surface area contributed by atoms with Crippen molar-refractivity contribution in [1.29, 1.82) is 0 Å². The summed E-state index contributed by atoms with van der Waals surface area (Å²) < 4.78 is 0. The predicted molar refractivity (Wildman–Crippen MR) is 67.5 cm³/mol. The van der Waals surface area contributed by atoms with Gasteiger partial charge in [0.2, 0.25) is 0 Å². The zero-order valence-electron chi connectivity index (χ0n) is 9.96. The molecule has 0 saturated carbocycles. The Balaban J connectivity index is 2.17. The lowest BCUT2D eigenvalue weighted by atomic mass is 10.2. The minimum Gasteiger partial charge on any atom is -0.384 e. The largest absolute Gasteiger partial charge is 0.384 e. The zero-order valence-corrected chi connectivity index (χ0v) is 9.96. The number of nitrogen functional groups attached to an aromatic ring is 1. The van der Waals surface area contributed by atoms with Crippen molar-refractivity contribution >= 4 is 11.6 Å². The maximum absolute atomic E-state index is 5.70. The maximum atomic E-state index is 5.70. The fourth-order valence-electron chi connectivity index (χ4n) is 1.61. The summed E-state index contributed by atoms with van der Waals surface area (Å²) in [6, 6.07) is 5.73. The summed E-state index contributed by atoms with van der Waals surface area (Å²) in [5, 5.41) is 0. The Morgan fingerprint density at radius 1 is 1.24 bits per heavy atom. The molecule has 0 aliphatic rings. The summed E-state index contributed by atoms with van der Waals surface area (Å²) in [6.45, 7) is 2.60. The molecule has 17 heavy (non-hydrogen) atoms. The predicted octanol–water partition coefficient (Wildman–Crippen LogP) is 1.40. The van der Waals surface area contributed by atoms with Crippen molar-refractivity contribution in [3.8, 4) is 0 Å². The van der Waals surface area contributed by atoms with E-state index in [1.165, 1.54) is 5.56 Å². The summed E-state index contributed by atoms with van der Waals surface area (Å²) in [6.07, 6.45) is 3.56. The quantitative estimate of drug-likeness (QED) is 0.861. The summed E-state index contributed by atoms with van der Waals surface area (Å²) >= 11 is 0. The van der Waals surface area contributed by atoms with Gasteiger partial charge >= 0.3 is 0 Å². The normalized spacial score (nSPS) is 10.2. The van der Waals surface area contributed by atoms with Crippen molar-refractivity contribution in [3.63, 3.8) is 0 Å². The van der Waals surface area contributed by atoms with E-state index in [2.05, 4.69) is 15.0 Å². The molecule has 2 N–H and O–H groups in total. The molecule has 0 fully saturated rings. The zero-order chi connectivity index (χ0) is 12.3. The van der Waals surface area contributed by atoms with Gasteiger partial charge in [0.05, 0.1) is 0 Å². The third-order valence-electron chi connectivity index (χ3n) is 2.40. The van der Waals surface area contributed by atoms with Crippen LogP contribution in [-0.4, -0.2) is 22.0 Å². The molecule has 0 amide bonds. The lowest BCUT2D eigenvalue weighted by molar-refractivity contribution is 0.879. The average Bonchev–Trinajstić information content (AvgIpc) is 2.29. The molecule has 88 valence electrons. The van der Waals surface area contributed by atoms with Crippen LogP contribution in [0.15, 0.2) is 30.6 Å². The number of pyridine rings is 1. The van der Waals surface area contributed by atoms with Crippen LogP contribution in [-0.2, 0) is 6.54 Å². The van der Waals surface area contributed by atoms with E-state index in [0.29, 0.717) is 11.6 Å². The van der Waals surface area contributed by atoms with Gasteiger partial charge in [0.1, 0.15) is 17.5 Å². The Morgan fingerprint density at radius 3 is 2.59 bits per heavy atom. The lowest BCUT2D eigenvalue weighted by Gasteiger charge is -2.18. The van der Waals surface area contributed by atoms with Gasteiger partial charge in [-0.2, -0.15) is 0 Å². The molecule has 0 spiro atoms. The Bertz CT molecular complexity index is 477. The third kappa shape index (κ3) is 2.90. The third-order valence-corrected chi connectivity index (χ3v) is 2.40. The number of hydrogen-bond acceptors (Lipinski definition) is 5. The number of nitrogens with zero attached hydrogens (tertiary/aromatic N) is 4. The van der Waals surface area contributed by atoms with Crippen molar-refractivity contribution in [1.82, 2.24) is 15.0 Å². The average molecular weight is 229 g/mol. The standard InChI is InChI=1S/C12H15N5/c1-9-15-11(13)7-12(16-9)17(2)8-10-3-5-14-6-4-10/h3-7H,8H2,1-2H3,(H2,13,15,16). The molecule has 2 aromatic heterocycles. The van der Waals surface area contributed by atoms with Gasteiger partial charge in [0.15, 0.2) is 0 Å². The van der Waals surface area contributed by atoms with Crippen LogP contribution < -0.4 is 10.6 Å². The number of nitrogens with two attached hydrogens (primary N) is 1. The maximum Gasteiger partial charge on any atom is 0.134 e. The van der Waals surface area contributed by atoms with Crippen LogP contribution in [0.1, 0.15) is 11.4 Å². The highest BCUT2D eigenvalue weighted by atomic mass is 15.2. The smallest absolute Gasteiger partial charge is 0.134 e. The summed E-state index contributed by atoms with van der Waals surface area (Å²) in [5.41, 5.74) is 6.88. The molecule has 0 radical (unpaired) electrons. The van der Waals surface area contributed by atoms with Gasteiger partial charge in [-0.15, -0.1) is 0 Å². The Kier molecular flexibility index (Phi) is 3.18. The van der Waals surface area contributed by atoms with Crippen molar-refractivity contribution in [2.75, 3.05) is 17.7 Å². The van der Waals surface area contributed by atoms with Crippen LogP contribution in [0.2, 0.25) is 0 Å². The van der Waals surface area contributed by atoms with Gasteiger partial charge in [-0.1, -0.05) is 0 Å². The lowest BCUT2D eigenvalue weighted by Crippen LogP contribution is -2.18. The number of rotatable bonds is 3. The highest BCUT2D eigenvalue weighted by molar-refractivity contribution is 5.46. The highest BCUT2D eigenvalue weighted by Gasteiger charge is 2.05. The van der Waals surface area contributed by atoms with E-state index in [0.717, 1.165) is 12.4 Å². The van der Waals surface area contributed by atoms with Crippen molar-refractivity contribution in [2.24, 2.45) is 0 Å². The molecule has 2 rings (SSSR count). The van der Waals surface area contributed by atoms with Crippen molar-refractivity contribution in [2.45, 2.75) is 13.5 Å². The minimum atomic E-state index is 0.495. The van der Waals surface area contributed by atoms with Gasteiger partial charge in [0, 0.05) is 32.1 Å². The van der Waals surface area contributed by atoms with E-state index in [-0.39, 0.29) is 0 Å². The molecule has 5 heteroatoms. The van der Waals surface area contributed by atoms with Gasteiger partial charge in [-0.3, -0.25) is 4.98 Å². The number of hydrogen-bond donors (Lipinski definition) is 1. The fraction of sp³-hybridized carbons (Fsp3) is 0.250. The van der Waals surface area contributed by atoms with Gasteiger partial charge in [-0.05, 0) is 24.6 Å². The Morgan fingerprint density at radius 2 is 1.94 bits per heavy atom. The topological polar surface area (TPSA) is 67.9 Å². The van der Waals surface area contributed by atoms with E-state index in [4.69, 9.17) is 5.73 Å². The molecule has 0 aliphatic carbocycles. The molecular weight excluding hydrogens is 214 g/mol. The molecule has 2 aromatic rings. The van der Waals surface area contributed by atoms with Gasteiger partial charge in [0.25, 0.3) is 0 Å². The summed E-state index contributed by atoms with van der Waals surface area (Å²) in [4.78, 5) is 14.4. The second kappa shape index (κ2) is 4.78. The molecule has 2 heterocycles. The molecule has 5 nitrogen and oxygen atoms in total. The van der Waals surface area contributed by atoms with Crippen LogP contribution >= 0.6 is 0 Å². The van der Waals surface area contributed by atoms with E-state index in [1.807, 2.05) is 31.0 Å². The highest BCUT2D eigenvalue weighted by Crippen LogP contribution is 2.14. The number of anilines is 2. The van der Waals surface area contributed by atoms with E-state index >= 15 is 0 Å². The van der Waals surface area contributed by atoms with Crippen molar-refractivity contribution in [3.05, 3.63) is 42.0 Å². The van der Waals surface area contributed by atoms with Crippen LogP contribution in [0.5, 0.6) is 0 Å². The first-order valence-electron chi connectivity index (χ1n) is 5.36. The van der Waals surface area contributed by atoms with E-state index in [1.54, 1.807) is 18.5 Å². The van der Waals surface area contributed by atoms with E-state index < -0.39 is 0 Å². The first-order valence-corrected chi connectivity index (χ1v) is 5.36. The second-order valence-corrected chi connectivity index (χ2v) is 3.91. The number of aromatic nitrogens is 3. The first kappa shape index (κ1) is 11.3. The van der Waals surface area contributed by atoms with Crippen LogP contribution in [0.3, 0.4) is 0 Å². The summed E-state index contributed by atoms with van der Waals surface area (Å²) in [7, 11) is 1.97. The molecule has 0 unspecified atom stereocenters. The second-order valence-electron chi connectivity index (χ2n) is 3.91. The van der Waals surface area contributed by atoms with E-state index in [9.17, 15) is 0 Å². The van der Waals surface area contributed by atoms with Crippen LogP contribution in [0, 0.1) is 6.92 Å². The molecule has 0 bridgehead atoms. The Labute approximate surface area is 100 Å². The molecule has 0 aliphatic heterocycles. The Hall–Kier alpha value is -2.17. The first-order chi connectivity index (χ1) is 8.15. The van der Waals surface area contributed by atoms with Crippen LogP contribution in [0.25, 0.3) is 0 Å². The fourth-order valence-corrected chi connectivity index (χ4v) is 1.61. The minimum absolute atomic E-state index is 0.495. The number of aryl methyl sites for hydroxylation is 1. The SMILES string of the molecule is Cc1nc(N)cc(N(C)Cc2ccncc2)n1. The van der Waals surface area contributed by atoms with Gasteiger partial charge < -0.3 is 10.6 Å². The molecular formula is C12H15N5. The monoisotopic (exact) mass is 229 g/mol. The van der Waals surface area contributed by atoms with Crippen molar-refractivity contribution < 1.29 is 0 Å². The van der Waals surface area contributed by atoms with Crippen LogP contribution in [0.4, 0.5) is 11.6 Å². The molecule has 0 aromatic carbocycles. The molecule has 0 saturated heterocycles. The molecule has 0 atom stereocenters.